The third kappa shape index (κ3) is 5.20. The summed E-state index contributed by atoms with van der Waals surface area (Å²) in [6.07, 6.45) is 3.49. The van der Waals surface area contributed by atoms with E-state index in [1.54, 1.807) is 22.2 Å². The van der Waals surface area contributed by atoms with E-state index in [4.69, 9.17) is 16.7 Å². The van der Waals surface area contributed by atoms with E-state index in [-0.39, 0.29) is 11.7 Å². The van der Waals surface area contributed by atoms with Crippen LogP contribution < -0.4 is 5.43 Å². The van der Waals surface area contributed by atoms with Crippen molar-refractivity contribution in [1.82, 2.24) is 20.2 Å². The summed E-state index contributed by atoms with van der Waals surface area (Å²) in [6, 6.07) is 25.2. The fourth-order valence-corrected chi connectivity index (χ4v) is 5.26. The Labute approximate surface area is 209 Å². The maximum atomic E-state index is 12.3. The number of aromatic nitrogens is 3. The minimum atomic E-state index is -0.205. The number of nitrogens with one attached hydrogen (secondary N) is 1. The van der Waals surface area contributed by atoms with Crippen molar-refractivity contribution in [3.8, 4) is 16.9 Å². The second-order valence-electron chi connectivity index (χ2n) is 7.25. The SMILES string of the molecule is O=C(CSc1nc2ccccc2s1)NN=Cc1cn(-c2ccccc2)nc1-c1ccc(Cl)cc1. The molecule has 0 saturated carbocycles. The quantitative estimate of drug-likeness (QED) is 0.167. The Balaban J connectivity index is 1.30. The number of fused-ring (bicyclic) bond motifs is 1. The average molecular weight is 504 g/mol. The molecule has 0 bridgehead atoms. The van der Waals surface area contributed by atoms with Crippen LogP contribution in [-0.4, -0.2) is 32.6 Å². The van der Waals surface area contributed by atoms with E-state index in [2.05, 4.69) is 15.5 Å². The number of thiazole rings is 1. The highest BCUT2D eigenvalue weighted by Gasteiger charge is 2.12. The van der Waals surface area contributed by atoms with Gasteiger partial charge in [0, 0.05) is 22.3 Å². The molecule has 9 heteroatoms. The molecule has 168 valence electrons. The standard InChI is InChI=1S/C25H18ClN5OS2/c26-19-12-10-17(11-13-19)24-18(15-31(30-24)20-6-2-1-3-7-20)14-27-29-23(32)16-33-25-28-21-8-4-5-9-22(21)34-25/h1-15H,16H2,(H,29,32). The summed E-state index contributed by atoms with van der Waals surface area (Å²) in [5.41, 5.74) is 6.88. The van der Waals surface area contributed by atoms with Gasteiger partial charge in [0.05, 0.1) is 27.9 Å². The van der Waals surface area contributed by atoms with Gasteiger partial charge >= 0.3 is 0 Å². The van der Waals surface area contributed by atoms with Crippen LogP contribution in [0.4, 0.5) is 0 Å². The van der Waals surface area contributed by atoms with Crippen molar-refractivity contribution in [2.45, 2.75) is 4.34 Å². The molecule has 34 heavy (non-hydrogen) atoms. The molecule has 5 aromatic rings. The van der Waals surface area contributed by atoms with Crippen molar-refractivity contribution < 1.29 is 4.79 Å². The first-order valence-electron chi connectivity index (χ1n) is 10.4. The molecular formula is C25H18ClN5OS2. The van der Waals surface area contributed by atoms with E-state index in [1.807, 2.05) is 85.1 Å². The monoisotopic (exact) mass is 503 g/mol. The van der Waals surface area contributed by atoms with E-state index in [9.17, 15) is 4.79 Å². The second-order valence-corrected chi connectivity index (χ2v) is 9.94. The molecular weight excluding hydrogens is 486 g/mol. The molecule has 0 saturated heterocycles. The maximum Gasteiger partial charge on any atom is 0.250 e. The van der Waals surface area contributed by atoms with Gasteiger partial charge in [-0.2, -0.15) is 10.2 Å². The first-order valence-corrected chi connectivity index (χ1v) is 12.5. The molecule has 0 aliphatic heterocycles. The minimum Gasteiger partial charge on any atom is -0.272 e. The van der Waals surface area contributed by atoms with Gasteiger partial charge in [-0.15, -0.1) is 11.3 Å². The molecule has 0 spiro atoms. The number of nitrogens with zero attached hydrogens (tertiary/aromatic N) is 4. The summed E-state index contributed by atoms with van der Waals surface area (Å²) in [7, 11) is 0. The number of halogens is 1. The van der Waals surface area contributed by atoms with Gasteiger partial charge in [-0.25, -0.2) is 15.1 Å². The van der Waals surface area contributed by atoms with Gasteiger partial charge in [-0.3, -0.25) is 4.79 Å². The summed E-state index contributed by atoms with van der Waals surface area (Å²) in [5.74, 6) is 0.0220. The molecule has 0 aliphatic carbocycles. The summed E-state index contributed by atoms with van der Waals surface area (Å²) in [4.78, 5) is 16.9. The van der Waals surface area contributed by atoms with Gasteiger partial charge in [0.15, 0.2) is 4.34 Å². The number of rotatable bonds is 7. The molecule has 0 atom stereocenters. The predicted octanol–water partition coefficient (Wildman–Crippen LogP) is 6.04. The molecule has 1 N–H and O–H groups in total. The highest BCUT2D eigenvalue weighted by molar-refractivity contribution is 8.01. The van der Waals surface area contributed by atoms with Crippen LogP contribution in [0.15, 0.2) is 94.5 Å². The van der Waals surface area contributed by atoms with Crippen LogP contribution in [-0.2, 0) is 4.79 Å². The molecule has 3 aromatic carbocycles. The molecule has 2 heterocycles. The fourth-order valence-electron chi connectivity index (χ4n) is 3.27. The number of hydrogen-bond acceptors (Lipinski definition) is 6. The Morgan fingerprint density at radius 2 is 1.82 bits per heavy atom. The Kier molecular flexibility index (Phi) is 6.71. The summed E-state index contributed by atoms with van der Waals surface area (Å²) in [5, 5.41) is 9.56. The van der Waals surface area contributed by atoms with Gasteiger partial charge in [-0.05, 0) is 36.4 Å². The van der Waals surface area contributed by atoms with Crippen LogP contribution >= 0.6 is 34.7 Å². The topological polar surface area (TPSA) is 72.2 Å². The first kappa shape index (κ1) is 22.3. The number of carbonyl (C=O) groups excluding carboxylic acids is 1. The van der Waals surface area contributed by atoms with Gasteiger partial charge in [0.2, 0.25) is 0 Å². The lowest BCUT2D eigenvalue weighted by atomic mass is 10.1. The van der Waals surface area contributed by atoms with E-state index in [0.717, 1.165) is 37.1 Å². The minimum absolute atomic E-state index is 0.205. The third-order valence-corrected chi connectivity index (χ3v) is 7.31. The van der Waals surface area contributed by atoms with Crippen molar-refractivity contribution in [2.24, 2.45) is 5.10 Å². The molecule has 0 aliphatic rings. The molecule has 0 radical (unpaired) electrons. The predicted molar refractivity (Wildman–Crippen MR) is 140 cm³/mol. The molecule has 5 rings (SSSR count). The van der Waals surface area contributed by atoms with Crippen LogP contribution in [0.2, 0.25) is 5.02 Å². The number of amides is 1. The van der Waals surface area contributed by atoms with Crippen molar-refractivity contribution in [2.75, 3.05) is 5.75 Å². The first-order chi connectivity index (χ1) is 16.7. The fraction of sp³-hybridized carbons (Fsp3) is 0.0400. The Morgan fingerprint density at radius 1 is 1.06 bits per heavy atom. The van der Waals surface area contributed by atoms with Gasteiger partial charge < -0.3 is 0 Å². The Morgan fingerprint density at radius 3 is 2.62 bits per heavy atom. The van der Waals surface area contributed by atoms with Crippen LogP contribution in [0.1, 0.15) is 5.56 Å². The lowest BCUT2D eigenvalue weighted by Crippen LogP contribution is -2.19. The van der Waals surface area contributed by atoms with Crippen molar-refractivity contribution in [3.63, 3.8) is 0 Å². The number of para-hydroxylation sites is 2. The number of benzene rings is 3. The second kappa shape index (κ2) is 10.2. The smallest absolute Gasteiger partial charge is 0.250 e. The van der Waals surface area contributed by atoms with Gasteiger partial charge in [0.25, 0.3) is 5.91 Å². The zero-order valence-corrected chi connectivity index (χ0v) is 20.1. The van der Waals surface area contributed by atoms with E-state index in [0.29, 0.717) is 5.02 Å². The highest BCUT2D eigenvalue weighted by atomic mass is 35.5. The van der Waals surface area contributed by atoms with Crippen LogP contribution in [0, 0.1) is 0 Å². The number of hydrogen-bond donors (Lipinski definition) is 1. The van der Waals surface area contributed by atoms with E-state index in [1.165, 1.54) is 11.8 Å². The number of hydrazone groups is 1. The normalized spacial score (nSPS) is 11.3. The molecule has 0 unspecified atom stereocenters. The van der Waals surface area contributed by atoms with Gasteiger partial charge in [0.1, 0.15) is 5.69 Å². The molecule has 1 amide bonds. The highest BCUT2D eigenvalue weighted by Crippen LogP contribution is 2.29. The van der Waals surface area contributed by atoms with Crippen LogP contribution in [0.5, 0.6) is 0 Å². The summed E-state index contributed by atoms with van der Waals surface area (Å²) < 4.78 is 3.75. The lowest BCUT2D eigenvalue weighted by molar-refractivity contribution is -0.118. The van der Waals surface area contributed by atoms with Crippen LogP contribution in [0.25, 0.3) is 27.2 Å². The zero-order chi connectivity index (χ0) is 23.3. The molecule has 2 aromatic heterocycles. The van der Waals surface area contributed by atoms with Crippen molar-refractivity contribution >= 4 is 57.0 Å². The van der Waals surface area contributed by atoms with Crippen molar-refractivity contribution in [1.29, 1.82) is 0 Å². The summed E-state index contributed by atoms with van der Waals surface area (Å²) in [6.45, 7) is 0. The van der Waals surface area contributed by atoms with Crippen molar-refractivity contribution in [3.05, 3.63) is 95.6 Å². The van der Waals surface area contributed by atoms with E-state index >= 15 is 0 Å². The lowest BCUT2D eigenvalue weighted by Gasteiger charge is -2.01. The molecule has 6 nitrogen and oxygen atoms in total. The number of thioether (sulfide) groups is 1. The average Bonchev–Trinajstić information content (AvgIpc) is 3.48. The molecule has 0 fully saturated rings. The largest absolute Gasteiger partial charge is 0.272 e. The zero-order valence-electron chi connectivity index (χ0n) is 17.8. The summed E-state index contributed by atoms with van der Waals surface area (Å²) >= 11 is 9.02. The van der Waals surface area contributed by atoms with Crippen LogP contribution in [0.3, 0.4) is 0 Å². The van der Waals surface area contributed by atoms with Gasteiger partial charge in [-0.1, -0.05) is 65.8 Å². The maximum absolute atomic E-state index is 12.3. The van der Waals surface area contributed by atoms with E-state index < -0.39 is 0 Å². The third-order valence-electron chi connectivity index (χ3n) is 4.87. The Bertz CT molecular complexity index is 1430. The number of carbonyl (C=O) groups is 1. The Hall–Kier alpha value is -3.46.